The van der Waals surface area contributed by atoms with Crippen LogP contribution in [-0.4, -0.2) is 51.1 Å². The van der Waals surface area contributed by atoms with Crippen molar-refractivity contribution in [1.82, 2.24) is 24.9 Å². The number of aromatic amines is 1. The van der Waals surface area contributed by atoms with Crippen molar-refractivity contribution in [2.75, 3.05) is 25.1 Å². The molecule has 1 aliphatic heterocycles. The average Bonchev–Trinajstić information content (AvgIpc) is 3.17. The second kappa shape index (κ2) is 7.57. The van der Waals surface area contributed by atoms with Crippen LogP contribution in [0.1, 0.15) is 41.0 Å². The average molecular weight is 418 g/mol. The van der Waals surface area contributed by atoms with Crippen LogP contribution in [-0.2, 0) is 16.6 Å². The van der Waals surface area contributed by atoms with Gasteiger partial charge in [-0.2, -0.15) is 0 Å². The van der Waals surface area contributed by atoms with Gasteiger partial charge in [-0.05, 0) is 37.8 Å². The first kappa shape index (κ1) is 19.3. The summed E-state index contributed by atoms with van der Waals surface area (Å²) in [6, 6.07) is 5.38. The maximum Gasteiger partial charge on any atom is 0.356 e. The van der Waals surface area contributed by atoms with Crippen molar-refractivity contribution in [2.24, 2.45) is 0 Å². The van der Waals surface area contributed by atoms with Gasteiger partial charge in [0.1, 0.15) is 18.0 Å². The molecule has 0 amide bonds. The second-order valence-corrected chi connectivity index (χ2v) is 8.04. The number of carbonyl (C=O) groups excluding carboxylic acids is 1. The van der Waals surface area contributed by atoms with Crippen molar-refractivity contribution in [2.45, 2.75) is 31.1 Å². The van der Waals surface area contributed by atoms with Crippen molar-refractivity contribution in [3.8, 4) is 11.4 Å². The Hall–Kier alpha value is -3.62. The van der Waals surface area contributed by atoms with Crippen LogP contribution in [0.5, 0.6) is 0 Å². The fourth-order valence-corrected chi connectivity index (χ4v) is 4.75. The van der Waals surface area contributed by atoms with E-state index in [9.17, 15) is 9.59 Å². The number of aromatic nitrogens is 5. The summed E-state index contributed by atoms with van der Waals surface area (Å²) in [5.74, 6) is 0.737. The van der Waals surface area contributed by atoms with Gasteiger partial charge in [0.15, 0.2) is 5.69 Å². The number of pyridine rings is 1. The normalized spacial score (nSPS) is 20.0. The fourth-order valence-electron chi connectivity index (χ4n) is 4.75. The number of ether oxygens (including phenoxy) is 1. The van der Waals surface area contributed by atoms with E-state index >= 15 is 0 Å². The summed E-state index contributed by atoms with van der Waals surface area (Å²) in [6.07, 6.45) is 8.24. The molecule has 0 bridgehead atoms. The molecule has 0 aromatic carbocycles. The number of H-pyrrole nitrogens is 1. The molecule has 1 fully saturated rings. The smallest absolute Gasteiger partial charge is 0.356 e. The van der Waals surface area contributed by atoms with Gasteiger partial charge in [0.2, 0.25) is 0 Å². The first-order valence-corrected chi connectivity index (χ1v) is 10.3. The van der Waals surface area contributed by atoms with E-state index in [0.29, 0.717) is 24.6 Å². The molecule has 9 nitrogen and oxygen atoms in total. The van der Waals surface area contributed by atoms with Crippen LogP contribution < -0.4 is 10.5 Å². The summed E-state index contributed by atoms with van der Waals surface area (Å²) < 4.78 is 4.79. The Morgan fingerprint density at radius 3 is 3.00 bits per heavy atom. The summed E-state index contributed by atoms with van der Waals surface area (Å²) in [5, 5.41) is 0. The van der Waals surface area contributed by atoms with Crippen molar-refractivity contribution < 1.29 is 9.53 Å². The molecule has 9 heteroatoms. The molecule has 3 aromatic rings. The van der Waals surface area contributed by atoms with Crippen molar-refractivity contribution >= 4 is 11.8 Å². The molecule has 158 valence electrons. The summed E-state index contributed by atoms with van der Waals surface area (Å²) in [5.41, 5.74) is 2.36. The SMILES string of the molecule is COC(=O)c1cc(N2CCCC3(CCc4c3nc(-c3cccnc3)[nH]c4=O)C2)ncn1. The van der Waals surface area contributed by atoms with Gasteiger partial charge in [-0.1, -0.05) is 0 Å². The molecule has 1 N–H and O–H groups in total. The number of fused-ring (bicyclic) bond motifs is 2. The molecule has 5 rings (SSSR count). The summed E-state index contributed by atoms with van der Waals surface area (Å²) in [4.78, 5) is 47.3. The number of nitrogens with one attached hydrogen (secondary N) is 1. The Balaban J connectivity index is 1.52. The molecule has 2 aliphatic rings. The Morgan fingerprint density at radius 2 is 2.19 bits per heavy atom. The molecule has 1 unspecified atom stereocenters. The van der Waals surface area contributed by atoms with Crippen LogP contribution in [0.4, 0.5) is 5.82 Å². The van der Waals surface area contributed by atoms with Gasteiger partial charge in [0.25, 0.3) is 5.56 Å². The summed E-state index contributed by atoms with van der Waals surface area (Å²) >= 11 is 0. The van der Waals surface area contributed by atoms with Crippen molar-refractivity contribution in [1.29, 1.82) is 0 Å². The molecule has 31 heavy (non-hydrogen) atoms. The van der Waals surface area contributed by atoms with E-state index in [2.05, 4.69) is 24.8 Å². The number of hydrogen-bond acceptors (Lipinski definition) is 8. The van der Waals surface area contributed by atoms with Crippen LogP contribution in [0.25, 0.3) is 11.4 Å². The summed E-state index contributed by atoms with van der Waals surface area (Å²) in [7, 11) is 1.33. The first-order valence-electron chi connectivity index (χ1n) is 10.3. The lowest BCUT2D eigenvalue weighted by Crippen LogP contribution is -2.46. The van der Waals surface area contributed by atoms with Gasteiger partial charge >= 0.3 is 5.97 Å². The number of esters is 1. The molecule has 1 saturated heterocycles. The van der Waals surface area contributed by atoms with Gasteiger partial charge in [-0.25, -0.2) is 19.7 Å². The Kier molecular flexibility index (Phi) is 4.72. The largest absolute Gasteiger partial charge is 0.464 e. The molecule has 0 saturated carbocycles. The van der Waals surface area contributed by atoms with E-state index < -0.39 is 5.97 Å². The van der Waals surface area contributed by atoms with Crippen LogP contribution >= 0.6 is 0 Å². The number of piperidine rings is 1. The third kappa shape index (κ3) is 3.35. The molecule has 1 atom stereocenters. The number of carbonyl (C=O) groups is 1. The van der Waals surface area contributed by atoms with Crippen LogP contribution in [0.2, 0.25) is 0 Å². The van der Waals surface area contributed by atoms with Crippen LogP contribution in [0.15, 0.2) is 41.7 Å². The van der Waals surface area contributed by atoms with Crippen LogP contribution in [0, 0.1) is 0 Å². The Bertz CT molecular complexity index is 1200. The highest BCUT2D eigenvalue weighted by Gasteiger charge is 2.45. The van der Waals surface area contributed by atoms with Crippen molar-refractivity contribution in [3.05, 3.63) is 64.2 Å². The molecule has 0 radical (unpaired) electrons. The lowest BCUT2D eigenvalue weighted by molar-refractivity contribution is 0.0594. The highest BCUT2D eigenvalue weighted by atomic mass is 16.5. The number of anilines is 1. The van der Waals surface area contributed by atoms with Crippen LogP contribution in [0.3, 0.4) is 0 Å². The number of rotatable bonds is 3. The highest BCUT2D eigenvalue weighted by Crippen LogP contribution is 2.44. The van der Waals surface area contributed by atoms with Gasteiger partial charge < -0.3 is 14.6 Å². The van der Waals surface area contributed by atoms with Gasteiger partial charge in [0, 0.05) is 48.1 Å². The van der Waals surface area contributed by atoms with Gasteiger partial charge in [-0.3, -0.25) is 9.78 Å². The molecular weight excluding hydrogens is 396 g/mol. The zero-order valence-corrected chi connectivity index (χ0v) is 17.2. The van der Waals surface area contributed by atoms with E-state index in [-0.39, 0.29) is 16.7 Å². The molecule has 1 aliphatic carbocycles. The quantitative estimate of drug-likeness (QED) is 0.642. The lowest BCUT2D eigenvalue weighted by Gasteiger charge is -2.41. The maximum absolute atomic E-state index is 12.8. The topological polar surface area (TPSA) is 114 Å². The van der Waals surface area contributed by atoms with Crippen molar-refractivity contribution in [3.63, 3.8) is 0 Å². The number of hydrogen-bond donors (Lipinski definition) is 1. The fraction of sp³-hybridized carbons (Fsp3) is 0.364. The van der Waals surface area contributed by atoms with E-state index in [1.165, 1.54) is 13.4 Å². The van der Waals surface area contributed by atoms with E-state index in [4.69, 9.17) is 9.72 Å². The standard InChI is InChI=1S/C22H22N6O3/c1-31-21(30)16-10-17(25-13-24-16)28-9-3-6-22(12-28)7-5-15-18(22)26-19(27-20(15)29)14-4-2-8-23-11-14/h2,4,8,10-11,13H,3,5-7,9,12H2,1H3,(H,26,27,29). The Labute approximate surface area is 178 Å². The lowest BCUT2D eigenvalue weighted by atomic mass is 9.77. The Morgan fingerprint density at radius 1 is 1.29 bits per heavy atom. The predicted octanol–water partition coefficient (Wildman–Crippen LogP) is 1.89. The third-order valence-corrected chi connectivity index (χ3v) is 6.25. The van der Waals surface area contributed by atoms with Gasteiger partial charge in [0.05, 0.1) is 12.8 Å². The molecule has 1 spiro atoms. The zero-order valence-electron chi connectivity index (χ0n) is 17.2. The second-order valence-electron chi connectivity index (χ2n) is 8.04. The number of methoxy groups -OCH3 is 1. The molecular formula is C22H22N6O3. The minimum Gasteiger partial charge on any atom is -0.464 e. The maximum atomic E-state index is 12.8. The first-order chi connectivity index (χ1) is 15.1. The zero-order chi connectivity index (χ0) is 21.4. The predicted molar refractivity (Wildman–Crippen MR) is 113 cm³/mol. The minimum absolute atomic E-state index is 0.0761. The minimum atomic E-state index is -0.490. The molecule has 4 heterocycles. The van der Waals surface area contributed by atoms with Gasteiger partial charge in [-0.15, -0.1) is 0 Å². The summed E-state index contributed by atoms with van der Waals surface area (Å²) in [6.45, 7) is 1.49. The van der Waals surface area contributed by atoms with E-state index in [0.717, 1.165) is 42.6 Å². The van der Waals surface area contributed by atoms with E-state index in [1.807, 2.05) is 12.1 Å². The third-order valence-electron chi connectivity index (χ3n) is 6.25. The monoisotopic (exact) mass is 418 g/mol. The highest BCUT2D eigenvalue weighted by molar-refractivity contribution is 5.87. The molecule has 3 aromatic heterocycles. The number of nitrogens with zero attached hydrogens (tertiary/aromatic N) is 5. The van der Waals surface area contributed by atoms with E-state index in [1.54, 1.807) is 18.5 Å².